The summed E-state index contributed by atoms with van der Waals surface area (Å²) in [6.07, 6.45) is 10.1. The molecule has 0 aromatic heterocycles. The zero-order valence-corrected chi connectivity index (χ0v) is 10.9. The van der Waals surface area contributed by atoms with Gasteiger partial charge in [0.25, 0.3) is 0 Å². The summed E-state index contributed by atoms with van der Waals surface area (Å²) in [5.41, 5.74) is 0. The second-order valence-corrected chi connectivity index (χ2v) is 5.88. The standard InChI is InChI=1S/C14H26N2O/c1(8-15-12-6-7-12)2-9-16-10-11-17-14-5-3-4-13(14)16/h12-15H,1-11H2. The van der Waals surface area contributed by atoms with Gasteiger partial charge in [-0.1, -0.05) is 0 Å². The third-order valence-electron chi connectivity index (χ3n) is 4.48. The van der Waals surface area contributed by atoms with Crippen molar-refractivity contribution < 1.29 is 4.74 Å². The van der Waals surface area contributed by atoms with E-state index < -0.39 is 0 Å². The Morgan fingerprint density at radius 2 is 2.06 bits per heavy atom. The summed E-state index contributed by atoms with van der Waals surface area (Å²) in [6, 6.07) is 1.62. The molecule has 1 heterocycles. The van der Waals surface area contributed by atoms with E-state index in [2.05, 4.69) is 10.2 Å². The monoisotopic (exact) mass is 238 g/mol. The molecule has 1 aliphatic heterocycles. The lowest BCUT2D eigenvalue weighted by molar-refractivity contribution is -0.0558. The molecule has 0 radical (unpaired) electrons. The van der Waals surface area contributed by atoms with Crippen LogP contribution in [0.15, 0.2) is 0 Å². The van der Waals surface area contributed by atoms with E-state index in [0.717, 1.165) is 25.2 Å². The van der Waals surface area contributed by atoms with E-state index in [9.17, 15) is 0 Å². The van der Waals surface area contributed by atoms with Crippen molar-refractivity contribution in [3.63, 3.8) is 0 Å². The van der Waals surface area contributed by atoms with Crippen LogP contribution in [0, 0.1) is 0 Å². The third-order valence-corrected chi connectivity index (χ3v) is 4.48. The van der Waals surface area contributed by atoms with Gasteiger partial charge >= 0.3 is 0 Å². The van der Waals surface area contributed by atoms with Crippen molar-refractivity contribution in [3.05, 3.63) is 0 Å². The van der Waals surface area contributed by atoms with Gasteiger partial charge in [-0.05, 0) is 58.0 Å². The molecule has 0 aromatic carbocycles. The molecule has 2 unspecified atom stereocenters. The molecule has 2 aliphatic carbocycles. The van der Waals surface area contributed by atoms with Gasteiger partial charge in [-0.3, -0.25) is 4.90 Å². The molecule has 3 nitrogen and oxygen atoms in total. The predicted molar refractivity (Wildman–Crippen MR) is 69.2 cm³/mol. The van der Waals surface area contributed by atoms with Crippen LogP contribution >= 0.6 is 0 Å². The van der Waals surface area contributed by atoms with Crippen LogP contribution in [0.1, 0.15) is 44.9 Å². The lowest BCUT2D eigenvalue weighted by Gasteiger charge is -2.37. The number of nitrogens with zero attached hydrogens (tertiary/aromatic N) is 1. The van der Waals surface area contributed by atoms with Crippen molar-refractivity contribution in [1.82, 2.24) is 10.2 Å². The van der Waals surface area contributed by atoms with Gasteiger partial charge in [0.1, 0.15) is 0 Å². The number of ether oxygens (including phenoxy) is 1. The average Bonchev–Trinajstić information content (AvgIpc) is 3.04. The van der Waals surface area contributed by atoms with E-state index >= 15 is 0 Å². The van der Waals surface area contributed by atoms with Crippen molar-refractivity contribution in [2.45, 2.75) is 63.1 Å². The minimum atomic E-state index is 0.563. The minimum absolute atomic E-state index is 0.563. The molecule has 3 aliphatic rings. The van der Waals surface area contributed by atoms with Gasteiger partial charge in [-0.2, -0.15) is 0 Å². The maximum atomic E-state index is 5.85. The van der Waals surface area contributed by atoms with Crippen molar-refractivity contribution in [1.29, 1.82) is 0 Å². The lowest BCUT2D eigenvalue weighted by Crippen LogP contribution is -2.48. The molecule has 0 amide bonds. The highest BCUT2D eigenvalue weighted by atomic mass is 16.5. The first kappa shape index (κ1) is 11.9. The van der Waals surface area contributed by atoms with Crippen LogP contribution in [0.4, 0.5) is 0 Å². The van der Waals surface area contributed by atoms with Gasteiger partial charge in [-0.15, -0.1) is 0 Å². The number of unbranched alkanes of at least 4 members (excludes halogenated alkanes) is 1. The molecule has 2 atom stereocenters. The maximum absolute atomic E-state index is 5.85. The first-order valence-corrected chi connectivity index (χ1v) is 7.52. The number of hydrogen-bond donors (Lipinski definition) is 1. The van der Waals surface area contributed by atoms with Gasteiger partial charge < -0.3 is 10.1 Å². The van der Waals surface area contributed by atoms with Crippen molar-refractivity contribution in [3.8, 4) is 0 Å². The molecule has 3 fully saturated rings. The predicted octanol–water partition coefficient (Wildman–Crippen LogP) is 1.77. The topological polar surface area (TPSA) is 24.5 Å². The minimum Gasteiger partial charge on any atom is -0.375 e. The SMILES string of the molecule is C(CCN1CCOC2CCCC21)CNC1CC1. The number of rotatable bonds is 6. The number of morpholine rings is 1. The first-order chi connectivity index (χ1) is 8.43. The second kappa shape index (κ2) is 5.68. The Morgan fingerprint density at radius 1 is 1.12 bits per heavy atom. The van der Waals surface area contributed by atoms with Crippen molar-refractivity contribution in [2.24, 2.45) is 0 Å². The lowest BCUT2D eigenvalue weighted by atomic mass is 10.1. The quantitative estimate of drug-likeness (QED) is 0.714. The Hall–Kier alpha value is -0.120. The second-order valence-electron chi connectivity index (χ2n) is 5.88. The zero-order valence-electron chi connectivity index (χ0n) is 10.9. The average molecular weight is 238 g/mol. The molecule has 17 heavy (non-hydrogen) atoms. The van der Waals surface area contributed by atoms with E-state index in [0.29, 0.717) is 6.10 Å². The Bertz CT molecular complexity index is 242. The molecule has 0 aromatic rings. The highest BCUT2D eigenvalue weighted by molar-refractivity contribution is 4.89. The Morgan fingerprint density at radius 3 is 2.94 bits per heavy atom. The van der Waals surface area contributed by atoms with Crippen LogP contribution in [0.3, 0.4) is 0 Å². The Labute approximate surface area is 105 Å². The molecule has 2 saturated carbocycles. The van der Waals surface area contributed by atoms with Gasteiger partial charge in [0, 0.05) is 18.6 Å². The normalized spacial score (nSPS) is 33.9. The van der Waals surface area contributed by atoms with Gasteiger partial charge in [0.15, 0.2) is 0 Å². The summed E-state index contributed by atoms with van der Waals surface area (Å²) in [7, 11) is 0. The van der Waals surface area contributed by atoms with E-state index in [4.69, 9.17) is 4.74 Å². The number of nitrogens with one attached hydrogen (secondary N) is 1. The molecule has 3 rings (SSSR count). The summed E-state index contributed by atoms with van der Waals surface area (Å²) in [5, 5.41) is 3.60. The Kier molecular flexibility index (Phi) is 3.99. The fourth-order valence-electron chi connectivity index (χ4n) is 3.32. The molecule has 0 spiro atoms. The van der Waals surface area contributed by atoms with Crippen LogP contribution in [0.5, 0.6) is 0 Å². The Balaban J connectivity index is 1.32. The fourth-order valence-corrected chi connectivity index (χ4v) is 3.32. The fraction of sp³-hybridized carbons (Fsp3) is 1.00. The summed E-state index contributed by atoms with van der Waals surface area (Å²) in [4.78, 5) is 2.69. The number of fused-ring (bicyclic) bond motifs is 1. The van der Waals surface area contributed by atoms with Crippen molar-refractivity contribution >= 4 is 0 Å². The van der Waals surface area contributed by atoms with Crippen LogP contribution in [-0.4, -0.2) is 49.3 Å². The highest BCUT2D eigenvalue weighted by Gasteiger charge is 2.35. The largest absolute Gasteiger partial charge is 0.375 e. The zero-order chi connectivity index (χ0) is 11.5. The smallest absolute Gasteiger partial charge is 0.0730 e. The molecular weight excluding hydrogens is 212 g/mol. The van der Waals surface area contributed by atoms with Crippen LogP contribution in [0.25, 0.3) is 0 Å². The molecule has 1 saturated heterocycles. The molecular formula is C14H26N2O. The molecule has 0 bridgehead atoms. The van der Waals surface area contributed by atoms with E-state index in [1.807, 2.05) is 0 Å². The van der Waals surface area contributed by atoms with Gasteiger partial charge in [-0.25, -0.2) is 0 Å². The summed E-state index contributed by atoms with van der Waals surface area (Å²) in [5.74, 6) is 0. The van der Waals surface area contributed by atoms with Gasteiger partial charge in [0.2, 0.25) is 0 Å². The van der Waals surface area contributed by atoms with E-state index in [1.165, 1.54) is 58.0 Å². The van der Waals surface area contributed by atoms with Crippen LogP contribution < -0.4 is 5.32 Å². The van der Waals surface area contributed by atoms with E-state index in [1.54, 1.807) is 0 Å². The highest BCUT2D eigenvalue weighted by Crippen LogP contribution is 2.29. The van der Waals surface area contributed by atoms with E-state index in [-0.39, 0.29) is 0 Å². The number of hydrogen-bond acceptors (Lipinski definition) is 3. The molecule has 98 valence electrons. The summed E-state index contributed by atoms with van der Waals surface area (Å²) >= 11 is 0. The first-order valence-electron chi connectivity index (χ1n) is 7.52. The van der Waals surface area contributed by atoms with Gasteiger partial charge in [0.05, 0.1) is 12.7 Å². The van der Waals surface area contributed by atoms with Crippen LogP contribution in [-0.2, 0) is 4.74 Å². The molecule has 3 heteroatoms. The third kappa shape index (κ3) is 3.21. The van der Waals surface area contributed by atoms with Crippen molar-refractivity contribution in [2.75, 3.05) is 26.2 Å². The summed E-state index contributed by atoms with van der Waals surface area (Å²) < 4.78 is 5.85. The van der Waals surface area contributed by atoms with Crippen LogP contribution in [0.2, 0.25) is 0 Å². The summed E-state index contributed by atoms with van der Waals surface area (Å²) in [6.45, 7) is 4.64. The molecule has 1 N–H and O–H groups in total. The maximum Gasteiger partial charge on any atom is 0.0730 e.